The second kappa shape index (κ2) is 7.87. The van der Waals surface area contributed by atoms with Crippen molar-refractivity contribution in [2.24, 2.45) is 11.3 Å². The van der Waals surface area contributed by atoms with Gasteiger partial charge in [-0.15, -0.1) is 0 Å². The molecule has 0 saturated carbocycles. The van der Waals surface area contributed by atoms with E-state index in [0.29, 0.717) is 19.6 Å². The summed E-state index contributed by atoms with van der Waals surface area (Å²) in [6, 6.07) is 8.61. The SMILES string of the molecule is Cc1ccc(C2=CCN(C(=O)C3CCN(C(=O)C(C)(C)C)CC3)CC2)cc1. The van der Waals surface area contributed by atoms with Crippen molar-refractivity contribution >= 4 is 17.4 Å². The average molecular weight is 369 g/mol. The molecular formula is C23H32N2O2. The lowest BCUT2D eigenvalue weighted by Gasteiger charge is -2.37. The summed E-state index contributed by atoms with van der Waals surface area (Å²) in [5, 5.41) is 0. The normalized spacial score (nSPS) is 19.0. The number of carbonyl (C=O) groups excluding carboxylic acids is 2. The van der Waals surface area contributed by atoms with Gasteiger partial charge in [-0.25, -0.2) is 0 Å². The predicted molar refractivity (Wildman–Crippen MR) is 109 cm³/mol. The van der Waals surface area contributed by atoms with Gasteiger partial charge in [-0.3, -0.25) is 9.59 Å². The van der Waals surface area contributed by atoms with E-state index in [1.807, 2.05) is 30.6 Å². The molecule has 146 valence electrons. The van der Waals surface area contributed by atoms with Crippen LogP contribution < -0.4 is 0 Å². The van der Waals surface area contributed by atoms with E-state index in [9.17, 15) is 9.59 Å². The molecule has 0 spiro atoms. The molecule has 1 aromatic rings. The number of amides is 2. The molecule has 0 radical (unpaired) electrons. The summed E-state index contributed by atoms with van der Waals surface area (Å²) in [7, 11) is 0. The topological polar surface area (TPSA) is 40.6 Å². The van der Waals surface area contributed by atoms with E-state index in [-0.39, 0.29) is 23.1 Å². The quantitative estimate of drug-likeness (QED) is 0.794. The molecule has 1 saturated heterocycles. The maximum atomic E-state index is 12.9. The van der Waals surface area contributed by atoms with Crippen molar-refractivity contribution in [2.75, 3.05) is 26.2 Å². The van der Waals surface area contributed by atoms with E-state index in [1.165, 1.54) is 16.7 Å². The van der Waals surface area contributed by atoms with Crippen LogP contribution in [0.3, 0.4) is 0 Å². The molecule has 0 unspecified atom stereocenters. The van der Waals surface area contributed by atoms with Gasteiger partial charge in [0.15, 0.2) is 0 Å². The summed E-state index contributed by atoms with van der Waals surface area (Å²) < 4.78 is 0. The Balaban J connectivity index is 1.54. The monoisotopic (exact) mass is 368 g/mol. The third-order valence-electron chi connectivity index (χ3n) is 5.72. The van der Waals surface area contributed by atoms with Crippen molar-refractivity contribution in [1.29, 1.82) is 0 Å². The summed E-state index contributed by atoms with van der Waals surface area (Å²) >= 11 is 0. The fourth-order valence-corrected chi connectivity index (χ4v) is 3.96. The maximum absolute atomic E-state index is 12.9. The van der Waals surface area contributed by atoms with Gasteiger partial charge in [0.05, 0.1) is 0 Å². The first kappa shape index (κ1) is 19.7. The Hall–Kier alpha value is -2.10. The highest BCUT2D eigenvalue weighted by Crippen LogP contribution is 2.27. The van der Waals surface area contributed by atoms with Gasteiger partial charge in [0.1, 0.15) is 0 Å². The molecule has 0 bridgehead atoms. The third kappa shape index (κ3) is 4.60. The van der Waals surface area contributed by atoms with E-state index >= 15 is 0 Å². The van der Waals surface area contributed by atoms with Crippen LogP contribution in [0.4, 0.5) is 0 Å². The van der Waals surface area contributed by atoms with Crippen LogP contribution >= 0.6 is 0 Å². The van der Waals surface area contributed by atoms with Crippen molar-refractivity contribution in [3.63, 3.8) is 0 Å². The minimum atomic E-state index is -0.346. The predicted octanol–water partition coefficient (Wildman–Crippen LogP) is 3.90. The lowest BCUT2D eigenvalue weighted by atomic mass is 9.90. The number of hydrogen-bond acceptors (Lipinski definition) is 2. The lowest BCUT2D eigenvalue weighted by Crippen LogP contribution is -2.47. The molecule has 0 N–H and O–H groups in total. The molecule has 1 aromatic carbocycles. The zero-order valence-corrected chi connectivity index (χ0v) is 17.1. The number of likely N-dealkylation sites (tertiary alicyclic amines) is 1. The van der Waals surface area contributed by atoms with E-state index in [0.717, 1.165) is 25.8 Å². The second-order valence-corrected chi connectivity index (χ2v) is 8.95. The van der Waals surface area contributed by atoms with E-state index in [2.05, 4.69) is 37.3 Å². The van der Waals surface area contributed by atoms with E-state index in [4.69, 9.17) is 0 Å². The Morgan fingerprint density at radius 1 is 0.963 bits per heavy atom. The van der Waals surface area contributed by atoms with Gasteiger partial charge in [0.25, 0.3) is 0 Å². The van der Waals surface area contributed by atoms with Gasteiger partial charge in [0.2, 0.25) is 11.8 Å². The van der Waals surface area contributed by atoms with Gasteiger partial charge in [-0.2, -0.15) is 0 Å². The van der Waals surface area contributed by atoms with Crippen molar-refractivity contribution < 1.29 is 9.59 Å². The Morgan fingerprint density at radius 2 is 1.59 bits per heavy atom. The molecule has 0 aliphatic carbocycles. The molecule has 3 rings (SSSR count). The minimum Gasteiger partial charge on any atom is -0.342 e. The molecule has 2 heterocycles. The van der Waals surface area contributed by atoms with Gasteiger partial charge in [0, 0.05) is 37.5 Å². The highest BCUT2D eigenvalue weighted by molar-refractivity contribution is 5.83. The number of rotatable bonds is 2. The van der Waals surface area contributed by atoms with Crippen molar-refractivity contribution in [1.82, 2.24) is 9.80 Å². The van der Waals surface area contributed by atoms with Gasteiger partial charge >= 0.3 is 0 Å². The molecule has 2 aliphatic rings. The number of benzene rings is 1. The third-order valence-corrected chi connectivity index (χ3v) is 5.72. The van der Waals surface area contributed by atoms with Crippen LogP contribution in [0.25, 0.3) is 5.57 Å². The molecule has 4 heteroatoms. The first-order valence-corrected chi connectivity index (χ1v) is 10.1. The molecule has 2 amide bonds. The van der Waals surface area contributed by atoms with Crippen LogP contribution in [0, 0.1) is 18.3 Å². The van der Waals surface area contributed by atoms with E-state index < -0.39 is 0 Å². The summed E-state index contributed by atoms with van der Waals surface area (Å²) in [5.41, 5.74) is 3.52. The average Bonchev–Trinajstić information content (AvgIpc) is 2.67. The number of aryl methyl sites for hydroxylation is 1. The van der Waals surface area contributed by atoms with Crippen molar-refractivity contribution in [2.45, 2.75) is 47.0 Å². The van der Waals surface area contributed by atoms with Gasteiger partial charge in [-0.1, -0.05) is 56.7 Å². The summed E-state index contributed by atoms with van der Waals surface area (Å²) in [6.07, 6.45) is 4.68. The first-order chi connectivity index (χ1) is 12.8. The summed E-state index contributed by atoms with van der Waals surface area (Å²) in [4.78, 5) is 29.2. The molecule has 2 aliphatic heterocycles. The minimum absolute atomic E-state index is 0.0587. The van der Waals surface area contributed by atoms with Crippen LogP contribution in [0.1, 0.15) is 51.2 Å². The molecule has 27 heavy (non-hydrogen) atoms. The number of nitrogens with zero attached hydrogens (tertiary/aromatic N) is 2. The summed E-state index contributed by atoms with van der Waals surface area (Å²) in [5.74, 6) is 0.512. The van der Waals surface area contributed by atoms with Gasteiger partial charge < -0.3 is 9.80 Å². The van der Waals surface area contributed by atoms with Crippen molar-refractivity contribution in [3.8, 4) is 0 Å². The zero-order chi connectivity index (χ0) is 19.6. The Morgan fingerprint density at radius 3 is 2.11 bits per heavy atom. The molecule has 0 aromatic heterocycles. The summed E-state index contributed by atoms with van der Waals surface area (Å²) in [6.45, 7) is 10.9. The maximum Gasteiger partial charge on any atom is 0.227 e. The standard InChI is InChI=1S/C23H32N2O2/c1-17-5-7-18(8-6-17)19-9-13-24(14-10-19)21(26)20-11-15-25(16-12-20)22(27)23(2,3)4/h5-9,20H,10-16H2,1-4H3. The van der Waals surface area contributed by atoms with Crippen LogP contribution in [0.5, 0.6) is 0 Å². The Bertz CT molecular complexity index is 720. The van der Waals surface area contributed by atoms with E-state index in [1.54, 1.807) is 0 Å². The highest BCUT2D eigenvalue weighted by Gasteiger charge is 2.34. The number of piperidine rings is 1. The molecular weight excluding hydrogens is 336 g/mol. The van der Waals surface area contributed by atoms with Crippen LogP contribution in [0.2, 0.25) is 0 Å². The fourth-order valence-electron chi connectivity index (χ4n) is 3.96. The molecule has 1 fully saturated rings. The largest absolute Gasteiger partial charge is 0.342 e. The second-order valence-electron chi connectivity index (χ2n) is 8.95. The lowest BCUT2D eigenvalue weighted by molar-refractivity contribution is -0.144. The Kier molecular flexibility index (Phi) is 5.73. The highest BCUT2D eigenvalue weighted by atomic mass is 16.2. The Labute approximate surface area is 163 Å². The number of hydrogen-bond donors (Lipinski definition) is 0. The zero-order valence-electron chi connectivity index (χ0n) is 17.1. The molecule has 0 atom stereocenters. The fraction of sp³-hybridized carbons (Fsp3) is 0.565. The van der Waals surface area contributed by atoms with Crippen LogP contribution in [-0.2, 0) is 9.59 Å². The first-order valence-electron chi connectivity index (χ1n) is 10.1. The van der Waals surface area contributed by atoms with Crippen LogP contribution in [0.15, 0.2) is 30.3 Å². The smallest absolute Gasteiger partial charge is 0.227 e. The van der Waals surface area contributed by atoms with Crippen molar-refractivity contribution in [3.05, 3.63) is 41.5 Å². The van der Waals surface area contributed by atoms with Crippen LogP contribution in [-0.4, -0.2) is 47.8 Å². The molecule has 4 nitrogen and oxygen atoms in total. The number of carbonyl (C=O) groups is 2. The van der Waals surface area contributed by atoms with Gasteiger partial charge in [-0.05, 0) is 37.3 Å².